The van der Waals surface area contributed by atoms with E-state index in [2.05, 4.69) is 22.2 Å². The van der Waals surface area contributed by atoms with Crippen LogP contribution in [-0.2, 0) is 0 Å². The summed E-state index contributed by atoms with van der Waals surface area (Å²) in [5.41, 5.74) is 2.21. The molecule has 1 aliphatic carbocycles. The lowest BCUT2D eigenvalue weighted by molar-refractivity contribution is 0.0925. The number of hydrogen-bond donors (Lipinski definition) is 1. The van der Waals surface area contributed by atoms with Gasteiger partial charge in [-0.25, -0.2) is 9.97 Å². The summed E-state index contributed by atoms with van der Waals surface area (Å²) in [6, 6.07) is 9.27. The number of fused-ring (bicyclic) bond motifs is 1. The Morgan fingerprint density at radius 2 is 2.03 bits per heavy atom. The molecule has 3 aromatic rings. The maximum Gasteiger partial charge on any atom is 0.251 e. The van der Waals surface area contributed by atoms with E-state index in [1.165, 1.54) is 0 Å². The molecule has 1 fully saturated rings. The van der Waals surface area contributed by atoms with E-state index in [1.54, 1.807) is 12.3 Å². The van der Waals surface area contributed by atoms with E-state index in [0.717, 1.165) is 55.0 Å². The first-order chi connectivity index (χ1) is 14.0. The van der Waals surface area contributed by atoms with Gasteiger partial charge in [0.25, 0.3) is 5.91 Å². The van der Waals surface area contributed by atoms with E-state index in [1.807, 2.05) is 36.2 Å². The van der Waals surface area contributed by atoms with Crippen LogP contribution in [0.4, 0.5) is 5.82 Å². The first-order valence-corrected chi connectivity index (χ1v) is 10.5. The molecular weight excluding hydrogens is 388 g/mol. The summed E-state index contributed by atoms with van der Waals surface area (Å²) in [5, 5.41) is 3.83. The van der Waals surface area contributed by atoms with Crippen LogP contribution in [-0.4, -0.2) is 35.5 Å². The Hall–Kier alpha value is -2.60. The average Bonchev–Trinajstić information content (AvgIpc) is 3.17. The van der Waals surface area contributed by atoms with E-state index in [4.69, 9.17) is 16.0 Å². The lowest BCUT2D eigenvalue weighted by Gasteiger charge is -2.27. The van der Waals surface area contributed by atoms with Crippen LogP contribution in [0, 0.1) is 0 Å². The maximum absolute atomic E-state index is 12.7. The Labute approximate surface area is 175 Å². The highest BCUT2D eigenvalue weighted by atomic mass is 35.5. The molecule has 1 N–H and O–H groups in total. The van der Waals surface area contributed by atoms with E-state index < -0.39 is 0 Å². The van der Waals surface area contributed by atoms with Gasteiger partial charge < -0.3 is 14.6 Å². The fourth-order valence-corrected chi connectivity index (χ4v) is 3.94. The number of amides is 1. The lowest BCUT2D eigenvalue weighted by atomic mass is 9.86. The first kappa shape index (κ1) is 19.7. The highest BCUT2D eigenvalue weighted by molar-refractivity contribution is 6.31. The van der Waals surface area contributed by atoms with Crippen LogP contribution in [0.3, 0.4) is 0 Å². The average molecular weight is 413 g/mol. The fraction of sp³-hybridized carbons (Fsp3) is 0.409. The van der Waals surface area contributed by atoms with Gasteiger partial charge in [0.2, 0.25) is 0 Å². The monoisotopic (exact) mass is 412 g/mol. The SMILES string of the molecule is CCN(C)c1cc(C(=O)NC2CCC(c3nc4cc(Cl)ccc4o3)CC2)ccn1. The maximum atomic E-state index is 12.7. The molecule has 0 aliphatic heterocycles. The molecule has 4 rings (SSSR count). The van der Waals surface area contributed by atoms with Gasteiger partial charge in [-0.2, -0.15) is 0 Å². The highest BCUT2D eigenvalue weighted by Gasteiger charge is 2.27. The number of pyridine rings is 1. The number of hydrogen-bond acceptors (Lipinski definition) is 5. The summed E-state index contributed by atoms with van der Waals surface area (Å²) in [5.74, 6) is 1.81. The minimum Gasteiger partial charge on any atom is -0.440 e. The number of carbonyl (C=O) groups excluding carboxylic acids is 1. The highest BCUT2D eigenvalue weighted by Crippen LogP contribution is 2.34. The number of aromatic nitrogens is 2. The molecule has 0 radical (unpaired) electrons. The number of benzene rings is 1. The van der Waals surface area contributed by atoms with Gasteiger partial charge in [-0.05, 0) is 62.9 Å². The van der Waals surface area contributed by atoms with E-state index in [-0.39, 0.29) is 17.9 Å². The number of halogens is 1. The Bertz CT molecular complexity index is 1010. The van der Waals surface area contributed by atoms with Crippen LogP contribution in [0.15, 0.2) is 40.9 Å². The quantitative estimate of drug-likeness (QED) is 0.652. The number of carbonyl (C=O) groups is 1. The largest absolute Gasteiger partial charge is 0.440 e. The van der Waals surface area contributed by atoms with E-state index in [9.17, 15) is 4.79 Å². The minimum atomic E-state index is -0.0434. The molecule has 0 bridgehead atoms. The summed E-state index contributed by atoms with van der Waals surface area (Å²) in [6.07, 6.45) is 5.37. The third-order valence-corrected chi connectivity index (χ3v) is 5.89. The molecule has 6 nitrogen and oxygen atoms in total. The van der Waals surface area contributed by atoms with Gasteiger partial charge in [0.15, 0.2) is 11.5 Å². The molecule has 1 amide bonds. The smallest absolute Gasteiger partial charge is 0.251 e. The van der Waals surface area contributed by atoms with Crippen molar-refractivity contribution in [2.24, 2.45) is 0 Å². The third-order valence-electron chi connectivity index (χ3n) is 5.65. The van der Waals surface area contributed by atoms with Crippen LogP contribution < -0.4 is 10.2 Å². The Morgan fingerprint density at radius 1 is 1.24 bits per heavy atom. The summed E-state index contributed by atoms with van der Waals surface area (Å²) in [6.45, 7) is 2.89. The summed E-state index contributed by atoms with van der Waals surface area (Å²) in [7, 11) is 1.96. The fourth-order valence-electron chi connectivity index (χ4n) is 3.78. The molecule has 0 saturated heterocycles. The van der Waals surface area contributed by atoms with Gasteiger partial charge in [0.1, 0.15) is 11.3 Å². The van der Waals surface area contributed by atoms with Gasteiger partial charge in [0.05, 0.1) is 0 Å². The third kappa shape index (κ3) is 4.37. The van der Waals surface area contributed by atoms with Crippen molar-refractivity contribution in [3.8, 4) is 0 Å². The van der Waals surface area contributed by atoms with Gasteiger partial charge in [-0.1, -0.05) is 11.6 Å². The predicted octanol–water partition coefficient (Wildman–Crippen LogP) is 4.79. The lowest BCUT2D eigenvalue weighted by Crippen LogP contribution is -2.37. The van der Waals surface area contributed by atoms with Crippen LogP contribution in [0.1, 0.15) is 54.8 Å². The van der Waals surface area contributed by atoms with E-state index in [0.29, 0.717) is 10.6 Å². The molecule has 1 aliphatic rings. The van der Waals surface area contributed by atoms with Crippen molar-refractivity contribution < 1.29 is 9.21 Å². The Balaban J connectivity index is 1.36. The number of oxazole rings is 1. The number of rotatable bonds is 5. The molecule has 7 heteroatoms. The summed E-state index contributed by atoms with van der Waals surface area (Å²) >= 11 is 6.04. The van der Waals surface area contributed by atoms with E-state index >= 15 is 0 Å². The summed E-state index contributed by atoms with van der Waals surface area (Å²) in [4.78, 5) is 23.6. The van der Waals surface area contributed by atoms with Crippen LogP contribution in [0.2, 0.25) is 5.02 Å². The van der Waals surface area contributed by atoms with Crippen LogP contribution >= 0.6 is 11.6 Å². The predicted molar refractivity (Wildman–Crippen MR) is 115 cm³/mol. The van der Waals surface area contributed by atoms with Gasteiger partial charge in [-0.3, -0.25) is 4.79 Å². The van der Waals surface area contributed by atoms with Crippen molar-refractivity contribution in [3.63, 3.8) is 0 Å². The second kappa shape index (κ2) is 8.41. The Morgan fingerprint density at radius 3 is 2.79 bits per heavy atom. The molecule has 1 saturated carbocycles. The molecule has 2 aromatic heterocycles. The molecule has 0 atom stereocenters. The number of nitrogens with zero attached hydrogens (tertiary/aromatic N) is 3. The summed E-state index contributed by atoms with van der Waals surface area (Å²) < 4.78 is 5.93. The molecule has 152 valence electrons. The van der Waals surface area contributed by atoms with Crippen molar-refractivity contribution in [2.75, 3.05) is 18.5 Å². The second-order valence-corrected chi connectivity index (χ2v) is 8.04. The molecular formula is C22H25ClN4O2. The number of nitrogens with one attached hydrogen (secondary N) is 1. The molecule has 1 aromatic carbocycles. The van der Waals surface area contributed by atoms with Crippen LogP contribution in [0.5, 0.6) is 0 Å². The zero-order valence-electron chi connectivity index (χ0n) is 16.7. The van der Waals surface area contributed by atoms with Crippen molar-refractivity contribution in [1.29, 1.82) is 0 Å². The van der Waals surface area contributed by atoms with Gasteiger partial charge >= 0.3 is 0 Å². The zero-order valence-corrected chi connectivity index (χ0v) is 17.4. The standard InChI is InChI=1S/C22H25ClN4O2/c1-3-27(2)20-12-15(10-11-24-20)21(28)25-17-7-4-14(5-8-17)22-26-18-13-16(23)6-9-19(18)29-22/h6,9-14,17H,3-5,7-8H2,1-2H3,(H,25,28). The van der Waals surface area contributed by atoms with Gasteiger partial charge in [0, 0.05) is 42.3 Å². The van der Waals surface area contributed by atoms with Crippen molar-refractivity contribution in [1.82, 2.24) is 15.3 Å². The topological polar surface area (TPSA) is 71.3 Å². The van der Waals surface area contributed by atoms with Gasteiger partial charge in [-0.15, -0.1) is 0 Å². The van der Waals surface area contributed by atoms with Crippen LogP contribution in [0.25, 0.3) is 11.1 Å². The Kier molecular flexibility index (Phi) is 5.72. The second-order valence-electron chi connectivity index (χ2n) is 7.60. The van der Waals surface area contributed by atoms with Crippen molar-refractivity contribution >= 4 is 34.4 Å². The number of anilines is 1. The normalized spacial score (nSPS) is 19.3. The molecule has 29 heavy (non-hydrogen) atoms. The minimum absolute atomic E-state index is 0.0434. The first-order valence-electron chi connectivity index (χ1n) is 10.1. The van der Waals surface area contributed by atoms with Crippen molar-refractivity contribution in [3.05, 3.63) is 53.0 Å². The van der Waals surface area contributed by atoms with Crippen molar-refractivity contribution in [2.45, 2.75) is 44.6 Å². The molecule has 0 unspecified atom stereocenters. The molecule has 0 spiro atoms. The molecule has 2 heterocycles. The zero-order chi connectivity index (χ0) is 20.4.